The minimum Gasteiger partial charge on any atom is -0.294 e. The van der Waals surface area contributed by atoms with Crippen molar-refractivity contribution in [3.63, 3.8) is 0 Å². The molecule has 1 aliphatic heterocycles. The van der Waals surface area contributed by atoms with E-state index in [-0.39, 0.29) is 11.9 Å². The molecule has 0 spiro atoms. The van der Waals surface area contributed by atoms with Gasteiger partial charge in [0, 0.05) is 31.7 Å². The SMILES string of the molecule is Fc1cccc(Cl)c1/C=N\N1CCN(C(c2ccccc2)c2ccccc2)CC1. The Balaban J connectivity index is 1.48. The molecule has 0 N–H and O–H groups in total. The molecule has 3 nitrogen and oxygen atoms in total. The van der Waals surface area contributed by atoms with Gasteiger partial charge in [-0.1, -0.05) is 78.3 Å². The third-order valence-electron chi connectivity index (χ3n) is 5.24. The molecule has 148 valence electrons. The van der Waals surface area contributed by atoms with Crippen LogP contribution >= 0.6 is 11.6 Å². The molecule has 5 heteroatoms. The third kappa shape index (κ3) is 4.66. The van der Waals surface area contributed by atoms with E-state index in [1.807, 2.05) is 17.1 Å². The van der Waals surface area contributed by atoms with Gasteiger partial charge in [0.25, 0.3) is 0 Å². The van der Waals surface area contributed by atoms with Crippen LogP contribution in [0.25, 0.3) is 0 Å². The lowest BCUT2D eigenvalue weighted by molar-refractivity contribution is 0.113. The number of piperazine rings is 1. The first kappa shape index (κ1) is 19.6. The minimum atomic E-state index is -0.354. The van der Waals surface area contributed by atoms with Gasteiger partial charge < -0.3 is 0 Å². The largest absolute Gasteiger partial charge is 0.294 e. The molecular formula is C24H23ClFN3. The Kier molecular flexibility index (Phi) is 6.23. The molecule has 0 radical (unpaired) electrons. The summed E-state index contributed by atoms with van der Waals surface area (Å²) in [6.07, 6.45) is 1.53. The molecule has 1 saturated heterocycles. The molecule has 3 aromatic carbocycles. The lowest BCUT2D eigenvalue weighted by Crippen LogP contribution is -2.45. The average Bonchev–Trinajstić information content (AvgIpc) is 2.76. The van der Waals surface area contributed by atoms with Crippen LogP contribution in [0.2, 0.25) is 5.02 Å². The molecular weight excluding hydrogens is 385 g/mol. The van der Waals surface area contributed by atoms with Crippen molar-refractivity contribution in [3.8, 4) is 0 Å². The number of halogens is 2. The van der Waals surface area contributed by atoms with E-state index in [1.54, 1.807) is 12.1 Å². The Bertz CT molecular complexity index is 895. The molecule has 3 aromatic rings. The quantitative estimate of drug-likeness (QED) is 0.540. The predicted octanol–water partition coefficient (Wildman–Crippen LogP) is 5.22. The monoisotopic (exact) mass is 407 g/mol. The van der Waals surface area contributed by atoms with Crippen LogP contribution in [-0.2, 0) is 0 Å². The Labute approximate surface area is 176 Å². The minimum absolute atomic E-state index is 0.213. The fourth-order valence-corrected chi connectivity index (χ4v) is 3.96. The lowest BCUT2D eigenvalue weighted by atomic mass is 9.96. The predicted molar refractivity (Wildman–Crippen MR) is 117 cm³/mol. The van der Waals surface area contributed by atoms with E-state index in [0.717, 1.165) is 26.2 Å². The second kappa shape index (κ2) is 9.21. The fraction of sp³-hybridized carbons (Fsp3) is 0.208. The van der Waals surface area contributed by atoms with Crippen molar-refractivity contribution in [2.45, 2.75) is 6.04 Å². The summed E-state index contributed by atoms with van der Waals surface area (Å²) in [7, 11) is 0. The Morgan fingerprint density at radius 1 is 0.793 bits per heavy atom. The van der Waals surface area contributed by atoms with Gasteiger partial charge in [0.2, 0.25) is 0 Å². The second-order valence-electron chi connectivity index (χ2n) is 7.09. The Morgan fingerprint density at radius 2 is 1.38 bits per heavy atom. The van der Waals surface area contributed by atoms with E-state index in [2.05, 4.69) is 58.5 Å². The van der Waals surface area contributed by atoms with E-state index in [0.29, 0.717) is 10.6 Å². The maximum atomic E-state index is 13.9. The van der Waals surface area contributed by atoms with Crippen LogP contribution in [0.5, 0.6) is 0 Å². The van der Waals surface area contributed by atoms with Crippen molar-refractivity contribution in [1.29, 1.82) is 0 Å². The highest BCUT2D eigenvalue weighted by Gasteiger charge is 2.25. The molecule has 29 heavy (non-hydrogen) atoms. The van der Waals surface area contributed by atoms with Crippen molar-refractivity contribution in [2.75, 3.05) is 26.2 Å². The summed E-state index contributed by atoms with van der Waals surface area (Å²) in [6, 6.07) is 26.1. The maximum Gasteiger partial charge on any atom is 0.133 e. The smallest absolute Gasteiger partial charge is 0.133 e. The number of hydrazone groups is 1. The number of hydrogen-bond acceptors (Lipinski definition) is 3. The average molecular weight is 408 g/mol. The number of hydrogen-bond donors (Lipinski definition) is 0. The van der Waals surface area contributed by atoms with Crippen molar-refractivity contribution in [1.82, 2.24) is 9.91 Å². The number of nitrogens with zero attached hydrogens (tertiary/aromatic N) is 3. The molecule has 0 amide bonds. The summed E-state index contributed by atoms with van der Waals surface area (Å²) in [4.78, 5) is 2.48. The summed E-state index contributed by atoms with van der Waals surface area (Å²) in [6.45, 7) is 3.30. The van der Waals surface area contributed by atoms with Crippen LogP contribution in [0.1, 0.15) is 22.7 Å². The molecule has 0 bridgehead atoms. The summed E-state index contributed by atoms with van der Waals surface area (Å²) in [5, 5.41) is 6.83. The highest BCUT2D eigenvalue weighted by atomic mass is 35.5. The van der Waals surface area contributed by atoms with Crippen molar-refractivity contribution >= 4 is 17.8 Å². The molecule has 0 atom stereocenters. The molecule has 0 aliphatic carbocycles. The Hall–Kier alpha value is -2.69. The van der Waals surface area contributed by atoms with Crippen LogP contribution < -0.4 is 0 Å². The van der Waals surface area contributed by atoms with Gasteiger partial charge in [-0.05, 0) is 23.3 Å². The standard InChI is InChI=1S/C24H23ClFN3/c25-22-12-7-13-23(26)21(22)18-27-29-16-14-28(15-17-29)24(19-8-3-1-4-9-19)20-10-5-2-6-11-20/h1-13,18,24H,14-17H2/b27-18-. The first-order chi connectivity index (χ1) is 14.2. The number of benzene rings is 3. The van der Waals surface area contributed by atoms with Crippen LogP contribution in [-0.4, -0.2) is 42.3 Å². The van der Waals surface area contributed by atoms with Gasteiger partial charge in [-0.15, -0.1) is 0 Å². The molecule has 0 aromatic heterocycles. The lowest BCUT2D eigenvalue weighted by Gasteiger charge is -2.38. The second-order valence-corrected chi connectivity index (χ2v) is 7.50. The van der Waals surface area contributed by atoms with E-state index >= 15 is 0 Å². The zero-order valence-electron chi connectivity index (χ0n) is 16.1. The fourth-order valence-electron chi connectivity index (χ4n) is 3.74. The molecule has 1 fully saturated rings. The molecule has 1 heterocycles. The van der Waals surface area contributed by atoms with Crippen LogP contribution in [0.3, 0.4) is 0 Å². The van der Waals surface area contributed by atoms with Crippen LogP contribution in [0.15, 0.2) is 84.0 Å². The number of rotatable bonds is 5. The molecule has 4 rings (SSSR count). The maximum absolute atomic E-state index is 13.9. The van der Waals surface area contributed by atoms with E-state index in [4.69, 9.17) is 11.6 Å². The van der Waals surface area contributed by atoms with Crippen LogP contribution in [0.4, 0.5) is 4.39 Å². The normalized spacial score (nSPS) is 15.3. The van der Waals surface area contributed by atoms with Crippen molar-refractivity contribution in [3.05, 3.63) is 106 Å². The molecule has 0 saturated carbocycles. The first-order valence-corrected chi connectivity index (χ1v) is 10.2. The first-order valence-electron chi connectivity index (χ1n) is 9.79. The van der Waals surface area contributed by atoms with Gasteiger partial charge in [-0.2, -0.15) is 5.10 Å². The highest BCUT2D eigenvalue weighted by molar-refractivity contribution is 6.33. The summed E-state index contributed by atoms with van der Waals surface area (Å²) in [5.74, 6) is -0.354. The van der Waals surface area contributed by atoms with Crippen LogP contribution in [0, 0.1) is 5.82 Å². The van der Waals surface area contributed by atoms with Crippen molar-refractivity contribution < 1.29 is 4.39 Å². The topological polar surface area (TPSA) is 18.8 Å². The van der Waals surface area contributed by atoms with E-state index in [1.165, 1.54) is 23.4 Å². The zero-order valence-corrected chi connectivity index (χ0v) is 16.8. The van der Waals surface area contributed by atoms with Gasteiger partial charge in [0.05, 0.1) is 17.3 Å². The highest BCUT2D eigenvalue weighted by Crippen LogP contribution is 2.29. The summed E-state index contributed by atoms with van der Waals surface area (Å²) < 4.78 is 13.9. The van der Waals surface area contributed by atoms with Crippen molar-refractivity contribution in [2.24, 2.45) is 5.10 Å². The third-order valence-corrected chi connectivity index (χ3v) is 5.57. The van der Waals surface area contributed by atoms with Gasteiger partial charge in [0.15, 0.2) is 0 Å². The zero-order chi connectivity index (χ0) is 20.1. The van der Waals surface area contributed by atoms with E-state index < -0.39 is 0 Å². The van der Waals surface area contributed by atoms with Gasteiger partial charge in [-0.3, -0.25) is 9.91 Å². The molecule has 1 aliphatic rings. The Morgan fingerprint density at radius 3 is 1.93 bits per heavy atom. The molecule has 0 unspecified atom stereocenters. The summed E-state index contributed by atoms with van der Waals surface area (Å²) >= 11 is 6.09. The van der Waals surface area contributed by atoms with E-state index in [9.17, 15) is 4.39 Å². The summed E-state index contributed by atoms with van der Waals surface area (Å²) in [5.41, 5.74) is 2.91. The van der Waals surface area contributed by atoms with Gasteiger partial charge in [0.1, 0.15) is 5.82 Å². The van der Waals surface area contributed by atoms with Gasteiger partial charge in [-0.25, -0.2) is 4.39 Å². The van der Waals surface area contributed by atoms with Gasteiger partial charge >= 0.3 is 0 Å².